The maximum Gasteiger partial charge on any atom is 0.261 e. The first-order valence-corrected chi connectivity index (χ1v) is 7.17. The van der Waals surface area contributed by atoms with E-state index >= 15 is 0 Å². The Morgan fingerprint density at radius 2 is 2.25 bits per heavy atom. The topological polar surface area (TPSA) is 58.6 Å². The van der Waals surface area contributed by atoms with Gasteiger partial charge in [-0.25, -0.2) is 0 Å². The molecule has 0 bridgehead atoms. The van der Waals surface area contributed by atoms with Gasteiger partial charge in [-0.1, -0.05) is 22.0 Å². The number of carbonyl (C=O) groups excluding carboxylic acids is 2. The number of halogens is 1. The number of amides is 2. The van der Waals surface area contributed by atoms with Crippen LogP contribution in [0.2, 0.25) is 0 Å². The highest BCUT2D eigenvalue weighted by atomic mass is 79.9. The molecule has 1 aliphatic rings. The predicted molar refractivity (Wildman–Crippen MR) is 78.4 cm³/mol. The van der Waals surface area contributed by atoms with E-state index < -0.39 is 5.54 Å². The van der Waals surface area contributed by atoms with Gasteiger partial charge in [-0.3, -0.25) is 9.59 Å². The molecule has 1 heterocycles. The lowest BCUT2D eigenvalue weighted by Gasteiger charge is -2.41. The molecule has 6 heteroatoms. The number of rotatable bonds is 3. The van der Waals surface area contributed by atoms with Crippen molar-refractivity contribution >= 4 is 27.7 Å². The second kappa shape index (κ2) is 5.83. The molecule has 2 amide bonds. The van der Waals surface area contributed by atoms with Crippen LogP contribution in [0.5, 0.6) is 5.75 Å². The molecule has 0 aromatic heterocycles. The van der Waals surface area contributed by atoms with E-state index in [1.807, 2.05) is 12.1 Å². The maximum atomic E-state index is 12.2. The minimum atomic E-state index is -0.837. The molecule has 20 heavy (non-hydrogen) atoms. The molecule has 1 N–H and O–H groups in total. The average molecular weight is 341 g/mol. The largest absolute Gasteiger partial charge is 0.484 e. The number of nitrogens with zero attached hydrogens (tertiary/aromatic N) is 1. The van der Waals surface area contributed by atoms with Crippen molar-refractivity contribution in [2.45, 2.75) is 19.4 Å². The predicted octanol–water partition coefficient (Wildman–Crippen LogP) is 1.56. The second-order valence-electron chi connectivity index (χ2n) is 5.11. The summed E-state index contributed by atoms with van der Waals surface area (Å²) in [6.45, 7) is 4.37. The van der Waals surface area contributed by atoms with Gasteiger partial charge in [0.2, 0.25) is 5.91 Å². The zero-order valence-corrected chi connectivity index (χ0v) is 13.1. The number of nitrogens with one attached hydrogen (secondary N) is 1. The number of piperazine rings is 1. The summed E-state index contributed by atoms with van der Waals surface area (Å²) >= 11 is 3.34. The molecule has 0 aliphatic carbocycles. The molecular weight excluding hydrogens is 324 g/mol. The van der Waals surface area contributed by atoms with Gasteiger partial charge in [0.05, 0.1) is 0 Å². The fourth-order valence-electron chi connectivity index (χ4n) is 2.12. The second-order valence-corrected chi connectivity index (χ2v) is 6.02. The van der Waals surface area contributed by atoms with Crippen LogP contribution in [0, 0.1) is 0 Å². The summed E-state index contributed by atoms with van der Waals surface area (Å²) in [6.07, 6.45) is 0. The van der Waals surface area contributed by atoms with Crippen molar-refractivity contribution in [3.05, 3.63) is 28.7 Å². The Bertz CT molecular complexity index is 531. The first kappa shape index (κ1) is 14.8. The molecule has 0 spiro atoms. The van der Waals surface area contributed by atoms with Gasteiger partial charge in [-0.2, -0.15) is 0 Å². The molecule has 0 radical (unpaired) electrons. The first-order chi connectivity index (χ1) is 9.41. The van der Waals surface area contributed by atoms with Gasteiger partial charge >= 0.3 is 0 Å². The van der Waals surface area contributed by atoms with E-state index in [0.717, 1.165) is 4.47 Å². The lowest BCUT2D eigenvalue weighted by atomic mass is 9.99. The van der Waals surface area contributed by atoms with Gasteiger partial charge in [0.1, 0.15) is 11.3 Å². The zero-order valence-electron chi connectivity index (χ0n) is 11.5. The summed E-state index contributed by atoms with van der Waals surface area (Å²) in [5.41, 5.74) is -0.837. The lowest BCUT2D eigenvalue weighted by Crippen LogP contribution is -2.64. The van der Waals surface area contributed by atoms with Crippen molar-refractivity contribution in [1.29, 1.82) is 0 Å². The monoisotopic (exact) mass is 340 g/mol. The summed E-state index contributed by atoms with van der Waals surface area (Å²) in [5, 5.41) is 2.76. The third kappa shape index (κ3) is 3.12. The van der Waals surface area contributed by atoms with E-state index in [1.165, 1.54) is 0 Å². The summed E-state index contributed by atoms with van der Waals surface area (Å²) in [7, 11) is 0. The molecule has 1 saturated heterocycles. The van der Waals surface area contributed by atoms with Crippen LogP contribution in [0.25, 0.3) is 0 Å². The lowest BCUT2D eigenvalue weighted by molar-refractivity contribution is -0.150. The summed E-state index contributed by atoms with van der Waals surface area (Å²) in [5.74, 6) is 0.288. The number of hydrogen-bond donors (Lipinski definition) is 1. The Balaban J connectivity index is 1.99. The normalized spacial score (nSPS) is 17.6. The van der Waals surface area contributed by atoms with Crippen LogP contribution in [0.4, 0.5) is 0 Å². The van der Waals surface area contributed by atoms with Gasteiger partial charge in [-0.05, 0) is 32.0 Å². The molecule has 1 aliphatic heterocycles. The Kier molecular flexibility index (Phi) is 4.32. The van der Waals surface area contributed by atoms with Crippen molar-refractivity contribution in [2.24, 2.45) is 0 Å². The van der Waals surface area contributed by atoms with Gasteiger partial charge in [0, 0.05) is 17.6 Å². The van der Waals surface area contributed by atoms with Gasteiger partial charge in [0.25, 0.3) is 5.91 Å². The van der Waals surface area contributed by atoms with Crippen LogP contribution >= 0.6 is 15.9 Å². The Morgan fingerprint density at radius 3 is 2.95 bits per heavy atom. The molecule has 1 aromatic carbocycles. The third-order valence-corrected chi connectivity index (χ3v) is 3.80. The number of ether oxygens (including phenoxy) is 1. The smallest absolute Gasteiger partial charge is 0.261 e. The van der Waals surface area contributed by atoms with E-state index in [9.17, 15) is 9.59 Å². The summed E-state index contributed by atoms with van der Waals surface area (Å²) < 4.78 is 6.37. The Hall–Kier alpha value is -1.56. The molecular formula is C14H17BrN2O3. The number of benzene rings is 1. The quantitative estimate of drug-likeness (QED) is 0.908. The highest BCUT2D eigenvalue weighted by molar-refractivity contribution is 9.10. The highest BCUT2D eigenvalue weighted by Gasteiger charge is 2.40. The minimum Gasteiger partial charge on any atom is -0.484 e. The Morgan fingerprint density at radius 1 is 1.50 bits per heavy atom. The molecule has 0 saturated carbocycles. The highest BCUT2D eigenvalue weighted by Crippen LogP contribution is 2.20. The average Bonchev–Trinajstić information content (AvgIpc) is 2.39. The molecule has 1 fully saturated rings. The van der Waals surface area contributed by atoms with E-state index in [4.69, 9.17) is 4.74 Å². The third-order valence-electron chi connectivity index (χ3n) is 3.31. The fraction of sp³-hybridized carbons (Fsp3) is 0.429. The standard InChI is InChI=1S/C14H17BrN2O3/c1-14(2)13(19)16-6-7-17(14)12(18)9-20-11-5-3-4-10(15)8-11/h3-5,8H,6-7,9H2,1-2H3,(H,16,19). The van der Waals surface area contributed by atoms with E-state index in [-0.39, 0.29) is 18.4 Å². The van der Waals surface area contributed by atoms with Crippen LogP contribution in [-0.4, -0.2) is 41.9 Å². The Labute approximate surface area is 126 Å². The van der Waals surface area contributed by atoms with Crippen molar-refractivity contribution in [2.75, 3.05) is 19.7 Å². The fourth-order valence-corrected chi connectivity index (χ4v) is 2.49. The first-order valence-electron chi connectivity index (χ1n) is 6.38. The van der Waals surface area contributed by atoms with Crippen LogP contribution in [0.1, 0.15) is 13.8 Å². The van der Waals surface area contributed by atoms with Crippen molar-refractivity contribution in [3.63, 3.8) is 0 Å². The molecule has 5 nitrogen and oxygen atoms in total. The SMILES string of the molecule is CC1(C)C(=O)NCCN1C(=O)COc1cccc(Br)c1. The number of hydrogen-bond acceptors (Lipinski definition) is 3. The van der Waals surface area contributed by atoms with Gasteiger partial charge in [-0.15, -0.1) is 0 Å². The zero-order chi connectivity index (χ0) is 14.8. The van der Waals surface area contributed by atoms with Crippen molar-refractivity contribution in [3.8, 4) is 5.75 Å². The van der Waals surface area contributed by atoms with Crippen LogP contribution in [0.15, 0.2) is 28.7 Å². The molecule has 1 aromatic rings. The van der Waals surface area contributed by atoms with E-state index in [1.54, 1.807) is 30.9 Å². The van der Waals surface area contributed by atoms with Gasteiger partial charge in [0.15, 0.2) is 6.61 Å². The van der Waals surface area contributed by atoms with E-state index in [2.05, 4.69) is 21.2 Å². The van der Waals surface area contributed by atoms with Crippen molar-refractivity contribution in [1.82, 2.24) is 10.2 Å². The number of carbonyl (C=O) groups is 2. The van der Waals surface area contributed by atoms with Crippen LogP contribution in [-0.2, 0) is 9.59 Å². The molecule has 0 atom stereocenters. The molecule has 0 unspecified atom stereocenters. The molecule has 2 rings (SSSR count). The minimum absolute atomic E-state index is 0.0762. The summed E-state index contributed by atoms with van der Waals surface area (Å²) in [4.78, 5) is 25.6. The van der Waals surface area contributed by atoms with Crippen LogP contribution < -0.4 is 10.1 Å². The summed E-state index contributed by atoms with van der Waals surface area (Å²) in [6, 6.07) is 7.29. The molecule has 108 valence electrons. The van der Waals surface area contributed by atoms with Gasteiger partial charge < -0.3 is 15.0 Å². The van der Waals surface area contributed by atoms with E-state index in [0.29, 0.717) is 18.8 Å². The van der Waals surface area contributed by atoms with Crippen molar-refractivity contribution < 1.29 is 14.3 Å². The maximum absolute atomic E-state index is 12.2. The van der Waals surface area contributed by atoms with Crippen LogP contribution in [0.3, 0.4) is 0 Å².